The summed E-state index contributed by atoms with van der Waals surface area (Å²) in [6.07, 6.45) is 0. The number of hydrogen-bond donors (Lipinski definition) is 3. The molecule has 0 unspecified atom stereocenters. The van der Waals surface area contributed by atoms with Crippen LogP contribution in [0.25, 0.3) is 0 Å². The van der Waals surface area contributed by atoms with Crippen LogP contribution in [0.3, 0.4) is 0 Å². The Bertz CT molecular complexity index is 814. The molecule has 0 aliphatic heterocycles. The summed E-state index contributed by atoms with van der Waals surface area (Å²) in [5, 5.41) is 2.97. The zero-order valence-corrected chi connectivity index (χ0v) is 11.6. The van der Waals surface area contributed by atoms with E-state index >= 15 is 0 Å². The molecule has 2 aromatic carbocycles. The molecule has 22 heavy (non-hydrogen) atoms. The van der Waals surface area contributed by atoms with E-state index in [2.05, 4.69) is 15.3 Å². The highest BCUT2D eigenvalue weighted by molar-refractivity contribution is 5.55. The average Bonchev–Trinajstić information content (AvgIpc) is 2.49. The third-order valence-corrected chi connectivity index (χ3v) is 2.86. The van der Waals surface area contributed by atoms with Crippen molar-refractivity contribution < 1.29 is 4.74 Å². The van der Waals surface area contributed by atoms with E-state index in [0.717, 1.165) is 11.4 Å². The van der Waals surface area contributed by atoms with Gasteiger partial charge in [0.25, 0.3) is 5.56 Å². The van der Waals surface area contributed by atoms with E-state index in [0.29, 0.717) is 11.7 Å². The molecule has 0 aliphatic rings. The van der Waals surface area contributed by atoms with Crippen LogP contribution >= 0.6 is 0 Å². The second-order valence-corrected chi connectivity index (χ2v) is 4.58. The summed E-state index contributed by atoms with van der Waals surface area (Å²) < 4.78 is 5.70. The minimum Gasteiger partial charge on any atom is -0.457 e. The molecule has 0 radical (unpaired) electrons. The van der Waals surface area contributed by atoms with E-state index in [9.17, 15) is 4.79 Å². The van der Waals surface area contributed by atoms with Gasteiger partial charge < -0.3 is 15.8 Å². The van der Waals surface area contributed by atoms with Gasteiger partial charge in [-0.1, -0.05) is 18.2 Å². The average molecular weight is 294 g/mol. The SMILES string of the molecule is Nc1cc(=O)[nH]c(Nc2ccc(Oc3ccccc3)cc2)n1. The summed E-state index contributed by atoms with van der Waals surface area (Å²) in [5.74, 6) is 1.94. The number of nitrogens with two attached hydrogens (primary N) is 1. The molecule has 4 N–H and O–H groups in total. The molecule has 1 heterocycles. The predicted octanol–water partition coefficient (Wildman–Crippen LogP) is 2.89. The van der Waals surface area contributed by atoms with Crippen molar-refractivity contribution in [2.24, 2.45) is 0 Å². The van der Waals surface area contributed by atoms with Crippen molar-refractivity contribution in [1.29, 1.82) is 0 Å². The zero-order chi connectivity index (χ0) is 15.4. The number of nitrogens with zero attached hydrogens (tertiary/aromatic N) is 1. The van der Waals surface area contributed by atoms with Crippen LogP contribution < -0.4 is 21.3 Å². The maximum Gasteiger partial charge on any atom is 0.254 e. The molecule has 6 heteroatoms. The molecule has 0 fully saturated rings. The van der Waals surface area contributed by atoms with Gasteiger partial charge in [0, 0.05) is 11.8 Å². The Morgan fingerprint density at radius 3 is 2.36 bits per heavy atom. The predicted molar refractivity (Wildman–Crippen MR) is 85.5 cm³/mol. The number of benzene rings is 2. The third-order valence-electron chi connectivity index (χ3n) is 2.86. The van der Waals surface area contributed by atoms with Gasteiger partial charge in [-0.2, -0.15) is 4.98 Å². The van der Waals surface area contributed by atoms with Crippen LogP contribution in [0.4, 0.5) is 17.5 Å². The summed E-state index contributed by atoms with van der Waals surface area (Å²) in [4.78, 5) is 17.9. The largest absolute Gasteiger partial charge is 0.457 e. The molecule has 3 rings (SSSR count). The van der Waals surface area contributed by atoms with Crippen molar-refractivity contribution in [1.82, 2.24) is 9.97 Å². The minimum atomic E-state index is -0.306. The number of ether oxygens (including phenoxy) is 1. The Balaban J connectivity index is 1.72. The van der Waals surface area contributed by atoms with Crippen molar-refractivity contribution in [3.8, 4) is 11.5 Å². The standard InChI is InChI=1S/C16H14N4O2/c17-14-10-15(21)20-16(19-14)18-11-6-8-13(9-7-11)22-12-4-2-1-3-5-12/h1-10H,(H4,17,18,19,20,21). The van der Waals surface area contributed by atoms with Crippen molar-refractivity contribution in [3.05, 3.63) is 71.0 Å². The molecule has 110 valence electrons. The van der Waals surface area contributed by atoms with Crippen molar-refractivity contribution >= 4 is 17.5 Å². The number of nitrogen functional groups attached to an aromatic ring is 1. The minimum absolute atomic E-state index is 0.162. The van der Waals surface area contributed by atoms with Gasteiger partial charge in [-0.3, -0.25) is 9.78 Å². The molecule has 3 aromatic rings. The van der Waals surface area contributed by atoms with Gasteiger partial charge in [-0.25, -0.2) is 0 Å². The first-order chi connectivity index (χ1) is 10.7. The fourth-order valence-corrected chi connectivity index (χ4v) is 1.90. The topological polar surface area (TPSA) is 93.0 Å². The summed E-state index contributed by atoms with van der Waals surface area (Å²) in [6, 6.07) is 18.0. The zero-order valence-electron chi connectivity index (χ0n) is 11.6. The molecule has 0 spiro atoms. The second kappa shape index (κ2) is 6.01. The number of rotatable bonds is 4. The summed E-state index contributed by atoms with van der Waals surface area (Å²) in [7, 11) is 0. The molecule has 0 amide bonds. The van der Waals surface area contributed by atoms with Crippen LogP contribution in [0.1, 0.15) is 0 Å². The van der Waals surface area contributed by atoms with Crippen LogP contribution in [0.2, 0.25) is 0 Å². The van der Waals surface area contributed by atoms with E-state index in [4.69, 9.17) is 10.5 Å². The Labute approximate surface area is 126 Å². The lowest BCUT2D eigenvalue weighted by molar-refractivity contribution is 0.483. The van der Waals surface area contributed by atoms with Crippen LogP contribution in [0.5, 0.6) is 11.5 Å². The Kier molecular flexibility index (Phi) is 3.74. The number of hydrogen-bond acceptors (Lipinski definition) is 5. The molecular weight excluding hydrogens is 280 g/mol. The first-order valence-electron chi connectivity index (χ1n) is 6.66. The van der Waals surface area contributed by atoms with E-state index < -0.39 is 0 Å². The van der Waals surface area contributed by atoms with E-state index in [1.54, 1.807) is 0 Å². The molecule has 0 saturated carbocycles. The van der Waals surface area contributed by atoms with E-state index in [1.165, 1.54) is 6.07 Å². The van der Waals surface area contributed by atoms with Gasteiger partial charge in [0.2, 0.25) is 5.95 Å². The second-order valence-electron chi connectivity index (χ2n) is 4.58. The first kappa shape index (κ1) is 13.7. The molecule has 0 aliphatic carbocycles. The molecule has 1 aromatic heterocycles. The van der Waals surface area contributed by atoms with Crippen LogP contribution in [-0.2, 0) is 0 Å². The van der Waals surface area contributed by atoms with Gasteiger partial charge in [0.1, 0.15) is 17.3 Å². The third kappa shape index (κ3) is 3.43. The number of aromatic nitrogens is 2. The van der Waals surface area contributed by atoms with Gasteiger partial charge in [-0.15, -0.1) is 0 Å². The number of anilines is 3. The van der Waals surface area contributed by atoms with E-state index in [-0.39, 0.29) is 11.4 Å². The smallest absolute Gasteiger partial charge is 0.254 e. The van der Waals surface area contributed by atoms with Crippen molar-refractivity contribution in [3.63, 3.8) is 0 Å². The number of nitrogens with one attached hydrogen (secondary N) is 2. The van der Waals surface area contributed by atoms with Gasteiger partial charge >= 0.3 is 0 Å². The Morgan fingerprint density at radius 1 is 1.00 bits per heavy atom. The lowest BCUT2D eigenvalue weighted by Gasteiger charge is -2.08. The number of aromatic amines is 1. The molecule has 6 nitrogen and oxygen atoms in total. The van der Waals surface area contributed by atoms with E-state index in [1.807, 2.05) is 54.6 Å². The molecule has 0 atom stereocenters. The quantitative estimate of drug-likeness (QED) is 0.688. The van der Waals surface area contributed by atoms with Gasteiger partial charge in [-0.05, 0) is 36.4 Å². The van der Waals surface area contributed by atoms with Gasteiger partial charge in [0.05, 0.1) is 0 Å². The molecule has 0 saturated heterocycles. The first-order valence-corrected chi connectivity index (χ1v) is 6.66. The monoisotopic (exact) mass is 294 g/mol. The Morgan fingerprint density at radius 2 is 1.68 bits per heavy atom. The van der Waals surface area contributed by atoms with Crippen LogP contribution in [-0.4, -0.2) is 9.97 Å². The number of H-pyrrole nitrogens is 1. The highest BCUT2D eigenvalue weighted by Gasteiger charge is 2.01. The summed E-state index contributed by atoms with van der Waals surface area (Å²) in [6.45, 7) is 0. The maximum absolute atomic E-state index is 11.3. The Hall–Kier alpha value is -3.28. The van der Waals surface area contributed by atoms with Crippen LogP contribution in [0, 0.1) is 0 Å². The normalized spacial score (nSPS) is 10.2. The van der Waals surface area contributed by atoms with Crippen LogP contribution in [0.15, 0.2) is 65.5 Å². The highest BCUT2D eigenvalue weighted by atomic mass is 16.5. The lowest BCUT2D eigenvalue weighted by Crippen LogP contribution is -2.11. The maximum atomic E-state index is 11.3. The summed E-state index contributed by atoms with van der Waals surface area (Å²) >= 11 is 0. The van der Waals surface area contributed by atoms with Crippen molar-refractivity contribution in [2.75, 3.05) is 11.1 Å². The highest BCUT2D eigenvalue weighted by Crippen LogP contribution is 2.23. The molecule has 0 bridgehead atoms. The van der Waals surface area contributed by atoms with Crippen molar-refractivity contribution in [2.45, 2.75) is 0 Å². The fraction of sp³-hybridized carbons (Fsp3) is 0. The number of para-hydroxylation sites is 1. The fourth-order valence-electron chi connectivity index (χ4n) is 1.90. The summed E-state index contributed by atoms with van der Waals surface area (Å²) in [5.41, 5.74) is 5.98. The molecular formula is C16H14N4O2. The van der Waals surface area contributed by atoms with Gasteiger partial charge in [0.15, 0.2) is 0 Å². The lowest BCUT2D eigenvalue weighted by atomic mass is 10.3.